The van der Waals surface area contributed by atoms with E-state index in [4.69, 9.17) is 14.9 Å². The minimum absolute atomic E-state index is 0.0676. The van der Waals surface area contributed by atoms with Crippen LogP contribution in [0, 0.1) is 0 Å². The molecule has 16 heavy (non-hydrogen) atoms. The molecule has 0 fully saturated rings. The van der Waals surface area contributed by atoms with Crippen LogP contribution in [0.3, 0.4) is 0 Å². The van der Waals surface area contributed by atoms with Crippen LogP contribution in [0.25, 0.3) is 0 Å². The molecule has 88 valence electrons. The number of ether oxygens (including phenoxy) is 1. The molecule has 0 heterocycles. The number of rotatable bonds is 7. The predicted molar refractivity (Wildman–Crippen MR) is 58.4 cm³/mol. The highest BCUT2D eigenvalue weighted by molar-refractivity contribution is 5.68. The first kappa shape index (κ1) is 12.5. The second kappa shape index (κ2) is 6.81. The summed E-state index contributed by atoms with van der Waals surface area (Å²) in [6.07, 6.45) is 0. The molecule has 1 aromatic carbocycles. The number of hydrogen-bond donors (Lipinski definition) is 3. The van der Waals surface area contributed by atoms with Crippen LogP contribution in [0.2, 0.25) is 0 Å². The Kier molecular flexibility index (Phi) is 5.31. The minimum atomic E-state index is -1.00. The highest BCUT2D eigenvalue weighted by Crippen LogP contribution is 2.17. The van der Waals surface area contributed by atoms with Crippen molar-refractivity contribution in [1.82, 2.24) is 5.32 Å². The fourth-order valence-electron chi connectivity index (χ4n) is 1.23. The van der Waals surface area contributed by atoms with Crippen LogP contribution in [0.4, 0.5) is 0 Å². The molecule has 0 bridgehead atoms. The Balaban J connectivity index is 2.56. The van der Waals surface area contributed by atoms with Gasteiger partial charge in [0.2, 0.25) is 0 Å². The second-order valence-corrected chi connectivity index (χ2v) is 3.19. The average Bonchev–Trinajstić information content (AvgIpc) is 2.28. The smallest absolute Gasteiger partial charge is 0.341 e. The molecule has 0 spiro atoms. The third kappa shape index (κ3) is 4.29. The van der Waals surface area contributed by atoms with Gasteiger partial charge in [0.15, 0.2) is 6.61 Å². The summed E-state index contributed by atoms with van der Waals surface area (Å²) in [7, 11) is 0. The Labute approximate surface area is 93.7 Å². The molecule has 1 rings (SSSR count). The van der Waals surface area contributed by atoms with Gasteiger partial charge in [0.1, 0.15) is 5.75 Å². The average molecular weight is 225 g/mol. The lowest BCUT2D eigenvalue weighted by Crippen LogP contribution is -2.18. The highest BCUT2D eigenvalue weighted by atomic mass is 16.5. The van der Waals surface area contributed by atoms with Crippen LogP contribution in [-0.4, -0.2) is 35.9 Å². The van der Waals surface area contributed by atoms with Gasteiger partial charge in [0.05, 0.1) is 6.61 Å². The Morgan fingerprint density at radius 1 is 1.38 bits per heavy atom. The highest BCUT2D eigenvalue weighted by Gasteiger charge is 2.04. The topological polar surface area (TPSA) is 78.8 Å². The lowest BCUT2D eigenvalue weighted by molar-refractivity contribution is -0.139. The zero-order valence-electron chi connectivity index (χ0n) is 8.85. The number of para-hydroxylation sites is 1. The van der Waals surface area contributed by atoms with Crippen molar-refractivity contribution in [1.29, 1.82) is 0 Å². The van der Waals surface area contributed by atoms with E-state index in [9.17, 15) is 4.79 Å². The number of aliphatic carboxylic acids is 1. The Morgan fingerprint density at radius 2 is 2.12 bits per heavy atom. The molecule has 0 saturated heterocycles. The summed E-state index contributed by atoms with van der Waals surface area (Å²) in [5.74, 6) is -0.450. The summed E-state index contributed by atoms with van der Waals surface area (Å²) in [6.45, 7) is 0.749. The number of aliphatic hydroxyl groups is 1. The first-order valence-corrected chi connectivity index (χ1v) is 4.98. The zero-order chi connectivity index (χ0) is 11.8. The van der Waals surface area contributed by atoms with E-state index < -0.39 is 5.97 Å². The van der Waals surface area contributed by atoms with Crippen molar-refractivity contribution in [3.05, 3.63) is 29.8 Å². The SMILES string of the molecule is O=C(O)COc1ccccc1CNCCO. The van der Waals surface area contributed by atoms with E-state index in [1.807, 2.05) is 12.1 Å². The third-order valence-electron chi connectivity index (χ3n) is 1.93. The maximum absolute atomic E-state index is 10.4. The molecule has 1 aromatic rings. The number of aliphatic hydroxyl groups excluding tert-OH is 1. The van der Waals surface area contributed by atoms with Gasteiger partial charge in [-0.25, -0.2) is 4.79 Å². The van der Waals surface area contributed by atoms with E-state index in [1.165, 1.54) is 0 Å². The summed E-state index contributed by atoms with van der Waals surface area (Å²) < 4.78 is 5.13. The molecule has 0 aliphatic rings. The minimum Gasteiger partial charge on any atom is -0.482 e. The van der Waals surface area contributed by atoms with Gasteiger partial charge in [-0.15, -0.1) is 0 Å². The van der Waals surface area contributed by atoms with Gasteiger partial charge in [-0.3, -0.25) is 0 Å². The van der Waals surface area contributed by atoms with Crippen molar-refractivity contribution < 1.29 is 19.7 Å². The lowest BCUT2D eigenvalue weighted by atomic mass is 10.2. The van der Waals surface area contributed by atoms with Crippen LogP contribution in [-0.2, 0) is 11.3 Å². The van der Waals surface area contributed by atoms with E-state index in [2.05, 4.69) is 5.32 Å². The molecule has 0 aliphatic carbocycles. The van der Waals surface area contributed by atoms with Crippen LogP contribution in [0.5, 0.6) is 5.75 Å². The van der Waals surface area contributed by atoms with Crippen LogP contribution < -0.4 is 10.1 Å². The van der Waals surface area contributed by atoms with Crippen molar-refractivity contribution in [3.63, 3.8) is 0 Å². The third-order valence-corrected chi connectivity index (χ3v) is 1.93. The first-order chi connectivity index (χ1) is 7.74. The molecule has 0 amide bonds. The van der Waals surface area contributed by atoms with Crippen LogP contribution in [0.1, 0.15) is 5.56 Å². The summed E-state index contributed by atoms with van der Waals surface area (Å²) >= 11 is 0. The monoisotopic (exact) mass is 225 g/mol. The van der Waals surface area contributed by atoms with Crippen molar-refractivity contribution in [2.24, 2.45) is 0 Å². The van der Waals surface area contributed by atoms with E-state index in [0.29, 0.717) is 18.8 Å². The maximum atomic E-state index is 10.4. The second-order valence-electron chi connectivity index (χ2n) is 3.19. The zero-order valence-corrected chi connectivity index (χ0v) is 8.85. The number of carbonyl (C=O) groups is 1. The van der Waals surface area contributed by atoms with Gasteiger partial charge >= 0.3 is 5.97 Å². The Bertz CT molecular complexity index is 341. The molecule has 0 unspecified atom stereocenters. The summed E-state index contributed by atoms with van der Waals surface area (Å²) in [5.41, 5.74) is 0.872. The normalized spacial score (nSPS) is 10.1. The summed E-state index contributed by atoms with van der Waals surface area (Å²) in [4.78, 5) is 10.4. The van der Waals surface area contributed by atoms with Gasteiger partial charge in [-0.05, 0) is 6.07 Å². The quantitative estimate of drug-likeness (QED) is 0.579. The summed E-state index contributed by atoms with van der Waals surface area (Å²) in [5, 5.41) is 20.1. The fourth-order valence-corrected chi connectivity index (χ4v) is 1.23. The largest absolute Gasteiger partial charge is 0.482 e. The molecule has 3 N–H and O–H groups in total. The van der Waals surface area contributed by atoms with Gasteiger partial charge < -0.3 is 20.3 Å². The number of nitrogens with one attached hydrogen (secondary N) is 1. The Morgan fingerprint density at radius 3 is 2.81 bits per heavy atom. The first-order valence-electron chi connectivity index (χ1n) is 4.98. The van der Waals surface area contributed by atoms with Gasteiger partial charge in [-0.1, -0.05) is 18.2 Å². The van der Waals surface area contributed by atoms with E-state index in [-0.39, 0.29) is 13.2 Å². The predicted octanol–water partition coefficient (Wildman–Crippen LogP) is 0.232. The van der Waals surface area contributed by atoms with Gasteiger partial charge in [-0.2, -0.15) is 0 Å². The molecule has 0 aliphatic heterocycles. The maximum Gasteiger partial charge on any atom is 0.341 e. The standard InChI is InChI=1S/C11H15NO4/c13-6-5-12-7-9-3-1-2-4-10(9)16-8-11(14)15/h1-4,12-13H,5-8H2,(H,14,15). The molecule has 0 saturated carbocycles. The number of carboxylic acid groups (broad SMARTS) is 1. The van der Waals surface area contributed by atoms with E-state index in [1.54, 1.807) is 12.1 Å². The Hall–Kier alpha value is -1.59. The van der Waals surface area contributed by atoms with Crippen molar-refractivity contribution in [2.75, 3.05) is 19.8 Å². The molecular weight excluding hydrogens is 210 g/mol. The summed E-state index contributed by atoms with van der Waals surface area (Å²) in [6, 6.07) is 7.21. The van der Waals surface area contributed by atoms with Crippen molar-refractivity contribution in [3.8, 4) is 5.75 Å². The van der Waals surface area contributed by atoms with E-state index in [0.717, 1.165) is 5.56 Å². The molecule has 0 atom stereocenters. The van der Waals surface area contributed by atoms with Crippen LogP contribution >= 0.6 is 0 Å². The molecular formula is C11H15NO4. The molecule has 5 heteroatoms. The van der Waals surface area contributed by atoms with Crippen molar-refractivity contribution >= 4 is 5.97 Å². The number of carboxylic acids is 1. The van der Waals surface area contributed by atoms with E-state index >= 15 is 0 Å². The van der Waals surface area contributed by atoms with Gasteiger partial charge in [0, 0.05) is 18.7 Å². The number of benzene rings is 1. The fraction of sp³-hybridized carbons (Fsp3) is 0.364. The van der Waals surface area contributed by atoms with Gasteiger partial charge in [0.25, 0.3) is 0 Å². The van der Waals surface area contributed by atoms with Crippen molar-refractivity contribution in [2.45, 2.75) is 6.54 Å². The van der Waals surface area contributed by atoms with Crippen LogP contribution in [0.15, 0.2) is 24.3 Å². The molecule has 0 aromatic heterocycles. The molecule has 5 nitrogen and oxygen atoms in total. The number of hydrogen-bond acceptors (Lipinski definition) is 4. The lowest BCUT2D eigenvalue weighted by Gasteiger charge is -2.10. The molecule has 0 radical (unpaired) electrons.